The Bertz CT molecular complexity index is 470. The van der Waals surface area contributed by atoms with Crippen molar-refractivity contribution in [2.45, 2.75) is 25.4 Å². The van der Waals surface area contributed by atoms with E-state index in [0.717, 1.165) is 0 Å². The normalized spacial score (nSPS) is 18.1. The molecule has 0 unspecified atom stereocenters. The lowest BCUT2D eigenvalue weighted by Crippen LogP contribution is -2.42. The lowest BCUT2D eigenvalue weighted by atomic mass is 9.94. The van der Waals surface area contributed by atoms with Crippen molar-refractivity contribution in [1.82, 2.24) is 0 Å². The van der Waals surface area contributed by atoms with Crippen LogP contribution in [-0.2, 0) is 4.74 Å². The summed E-state index contributed by atoms with van der Waals surface area (Å²) in [6, 6.07) is 4.44. The van der Waals surface area contributed by atoms with E-state index in [0.29, 0.717) is 31.7 Å². The number of rotatable bonds is 4. The number of carbonyl (C=O) groups excluding carboxylic acids is 1. The molecule has 1 aromatic carbocycles. The van der Waals surface area contributed by atoms with Crippen molar-refractivity contribution in [1.29, 1.82) is 0 Å². The summed E-state index contributed by atoms with van der Waals surface area (Å²) in [5, 5.41) is 13.3. The van der Waals surface area contributed by atoms with E-state index < -0.39 is 11.4 Å². The van der Waals surface area contributed by atoms with E-state index in [1.165, 1.54) is 19.1 Å². The molecular formula is C14H18FNO3. The maximum absolute atomic E-state index is 13.6. The van der Waals surface area contributed by atoms with Gasteiger partial charge >= 0.3 is 0 Å². The van der Waals surface area contributed by atoms with Crippen LogP contribution in [0.4, 0.5) is 10.1 Å². The molecule has 0 atom stereocenters. The van der Waals surface area contributed by atoms with Crippen molar-refractivity contribution in [2.75, 3.05) is 25.1 Å². The molecule has 5 heteroatoms. The SMILES string of the molecule is CC(=O)c1c(F)cccc1NCC1(O)CCOCC1. The van der Waals surface area contributed by atoms with Crippen LogP contribution < -0.4 is 5.32 Å². The predicted octanol–water partition coefficient (Wildman–Crippen LogP) is 1.98. The summed E-state index contributed by atoms with van der Waals surface area (Å²) in [5.74, 6) is -0.879. The van der Waals surface area contributed by atoms with Gasteiger partial charge in [0.1, 0.15) is 5.82 Å². The first-order chi connectivity index (χ1) is 9.02. The number of carbonyl (C=O) groups is 1. The van der Waals surface area contributed by atoms with Gasteiger partial charge in [-0.1, -0.05) is 6.07 Å². The summed E-state index contributed by atoms with van der Waals surface area (Å²) in [7, 11) is 0. The van der Waals surface area contributed by atoms with Gasteiger partial charge in [0.25, 0.3) is 0 Å². The van der Waals surface area contributed by atoms with Crippen molar-refractivity contribution >= 4 is 11.5 Å². The van der Waals surface area contributed by atoms with Crippen LogP contribution in [0.15, 0.2) is 18.2 Å². The number of ketones is 1. The molecule has 1 fully saturated rings. The highest BCUT2D eigenvalue weighted by atomic mass is 19.1. The molecule has 0 amide bonds. The van der Waals surface area contributed by atoms with E-state index in [4.69, 9.17) is 4.74 Å². The molecule has 0 aliphatic carbocycles. The summed E-state index contributed by atoms with van der Waals surface area (Å²) in [6.07, 6.45) is 1.06. The molecule has 1 aromatic rings. The molecule has 0 aromatic heterocycles. The number of benzene rings is 1. The minimum Gasteiger partial charge on any atom is -0.388 e. The lowest BCUT2D eigenvalue weighted by molar-refractivity contribution is -0.0543. The zero-order valence-electron chi connectivity index (χ0n) is 10.9. The highest BCUT2D eigenvalue weighted by molar-refractivity contribution is 5.99. The summed E-state index contributed by atoms with van der Waals surface area (Å²) in [4.78, 5) is 11.5. The fourth-order valence-corrected chi connectivity index (χ4v) is 2.22. The standard InChI is InChI=1S/C14H18FNO3/c1-10(17)13-11(15)3-2-4-12(13)16-9-14(18)5-7-19-8-6-14/h2-4,16,18H,5-9H2,1H3. The van der Waals surface area contributed by atoms with E-state index in [2.05, 4.69) is 5.32 Å². The van der Waals surface area contributed by atoms with Gasteiger partial charge in [0.15, 0.2) is 5.78 Å². The van der Waals surface area contributed by atoms with E-state index in [1.54, 1.807) is 6.07 Å². The van der Waals surface area contributed by atoms with Crippen LogP contribution in [0.1, 0.15) is 30.1 Å². The second-order valence-electron chi connectivity index (χ2n) is 4.91. The Kier molecular flexibility index (Phi) is 4.17. The fourth-order valence-electron chi connectivity index (χ4n) is 2.22. The Labute approximate surface area is 111 Å². The molecule has 1 heterocycles. The molecule has 0 saturated carbocycles. The molecule has 0 bridgehead atoms. The van der Waals surface area contributed by atoms with Crippen LogP contribution in [-0.4, -0.2) is 36.2 Å². The average molecular weight is 267 g/mol. The van der Waals surface area contributed by atoms with Gasteiger partial charge in [-0.2, -0.15) is 0 Å². The largest absolute Gasteiger partial charge is 0.388 e. The smallest absolute Gasteiger partial charge is 0.164 e. The first kappa shape index (κ1) is 14.0. The van der Waals surface area contributed by atoms with Gasteiger partial charge in [0.2, 0.25) is 0 Å². The zero-order chi connectivity index (χ0) is 13.9. The monoisotopic (exact) mass is 267 g/mol. The van der Waals surface area contributed by atoms with Crippen LogP contribution in [0.2, 0.25) is 0 Å². The van der Waals surface area contributed by atoms with Crippen LogP contribution in [0.25, 0.3) is 0 Å². The Morgan fingerprint density at radius 2 is 2.16 bits per heavy atom. The Balaban J connectivity index is 2.11. The fraction of sp³-hybridized carbons (Fsp3) is 0.500. The van der Waals surface area contributed by atoms with Crippen molar-refractivity contribution in [3.05, 3.63) is 29.6 Å². The molecule has 104 valence electrons. The molecule has 4 nitrogen and oxygen atoms in total. The minimum atomic E-state index is -0.862. The molecule has 2 rings (SSSR count). The topological polar surface area (TPSA) is 58.6 Å². The van der Waals surface area contributed by atoms with E-state index in [1.807, 2.05) is 0 Å². The first-order valence-electron chi connectivity index (χ1n) is 6.35. The predicted molar refractivity (Wildman–Crippen MR) is 69.9 cm³/mol. The van der Waals surface area contributed by atoms with Crippen molar-refractivity contribution < 1.29 is 19.0 Å². The highest BCUT2D eigenvalue weighted by Crippen LogP contribution is 2.24. The van der Waals surface area contributed by atoms with Gasteiger partial charge in [0.05, 0.1) is 11.2 Å². The summed E-state index contributed by atoms with van der Waals surface area (Å²) in [6.45, 7) is 2.63. The van der Waals surface area contributed by atoms with Gasteiger partial charge < -0.3 is 15.2 Å². The number of Topliss-reactive ketones (excluding diaryl/α,β-unsaturated/α-hetero) is 1. The summed E-state index contributed by atoms with van der Waals surface area (Å²) < 4.78 is 18.8. The Morgan fingerprint density at radius 3 is 2.79 bits per heavy atom. The van der Waals surface area contributed by atoms with Crippen LogP contribution in [0.3, 0.4) is 0 Å². The number of anilines is 1. The maximum Gasteiger partial charge on any atom is 0.164 e. The molecule has 1 saturated heterocycles. The molecule has 19 heavy (non-hydrogen) atoms. The second kappa shape index (κ2) is 5.67. The van der Waals surface area contributed by atoms with Crippen molar-refractivity contribution in [3.63, 3.8) is 0 Å². The third-order valence-corrected chi connectivity index (χ3v) is 3.40. The number of hydrogen-bond acceptors (Lipinski definition) is 4. The lowest BCUT2D eigenvalue weighted by Gasteiger charge is -2.32. The number of halogens is 1. The first-order valence-corrected chi connectivity index (χ1v) is 6.35. The van der Waals surface area contributed by atoms with Crippen molar-refractivity contribution in [2.24, 2.45) is 0 Å². The van der Waals surface area contributed by atoms with E-state index >= 15 is 0 Å². The Morgan fingerprint density at radius 1 is 1.47 bits per heavy atom. The molecule has 0 radical (unpaired) electrons. The number of nitrogens with one attached hydrogen (secondary N) is 1. The van der Waals surface area contributed by atoms with E-state index in [9.17, 15) is 14.3 Å². The summed E-state index contributed by atoms with van der Waals surface area (Å²) >= 11 is 0. The van der Waals surface area contributed by atoms with Gasteiger partial charge in [-0.15, -0.1) is 0 Å². The third kappa shape index (κ3) is 3.30. The van der Waals surface area contributed by atoms with E-state index in [-0.39, 0.29) is 17.9 Å². The third-order valence-electron chi connectivity index (χ3n) is 3.40. The van der Waals surface area contributed by atoms with Gasteiger partial charge in [-0.3, -0.25) is 4.79 Å². The van der Waals surface area contributed by atoms with Crippen LogP contribution >= 0.6 is 0 Å². The molecule has 0 spiro atoms. The van der Waals surface area contributed by atoms with Crippen LogP contribution in [0.5, 0.6) is 0 Å². The van der Waals surface area contributed by atoms with Crippen molar-refractivity contribution in [3.8, 4) is 0 Å². The zero-order valence-corrected chi connectivity index (χ0v) is 10.9. The number of hydrogen-bond donors (Lipinski definition) is 2. The highest BCUT2D eigenvalue weighted by Gasteiger charge is 2.29. The number of ether oxygens (including phenoxy) is 1. The molecular weight excluding hydrogens is 249 g/mol. The molecule has 2 N–H and O–H groups in total. The number of aliphatic hydroxyl groups is 1. The maximum atomic E-state index is 13.6. The summed E-state index contributed by atoms with van der Waals surface area (Å²) in [5.41, 5.74) is -0.399. The van der Waals surface area contributed by atoms with Gasteiger partial charge in [0, 0.05) is 38.3 Å². The average Bonchev–Trinajstić information content (AvgIpc) is 2.37. The minimum absolute atomic E-state index is 0.0400. The van der Waals surface area contributed by atoms with Gasteiger partial charge in [-0.25, -0.2) is 4.39 Å². The van der Waals surface area contributed by atoms with Crippen LogP contribution in [0, 0.1) is 5.82 Å². The quantitative estimate of drug-likeness (QED) is 0.819. The Hall–Kier alpha value is -1.46. The van der Waals surface area contributed by atoms with Gasteiger partial charge in [-0.05, 0) is 19.1 Å². The molecule has 1 aliphatic heterocycles. The second-order valence-corrected chi connectivity index (χ2v) is 4.91. The molecule has 1 aliphatic rings.